The Morgan fingerprint density at radius 2 is 1.96 bits per heavy atom. The monoisotopic (exact) mass is 335 g/mol. The molecule has 4 rings (SSSR count). The van der Waals surface area contributed by atoms with E-state index in [0.29, 0.717) is 16.9 Å². The van der Waals surface area contributed by atoms with Gasteiger partial charge in [0, 0.05) is 11.8 Å². The number of benzene rings is 1. The third-order valence-corrected chi connectivity index (χ3v) is 4.15. The van der Waals surface area contributed by atoms with Gasteiger partial charge in [-0.1, -0.05) is 19.9 Å². The van der Waals surface area contributed by atoms with Crippen LogP contribution in [0.3, 0.4) is 0 Å². The van der Waals surface area contributed by atoms with Gasteiger partial charge in [0.25, 0.3) is 5.91 Å². The molecule has 3 aromatic heterocycles. The van der Waals surface area contributed by atoms with Crippen molar-refractivity contribution < 1.29 is 4.79 Å². The minimum absolute atomic E-state index is 0.146. The highest BCUT2D eigenvalue weighted by molar-refractivity contribution is 5.97. The van der Waals surface area contributed by atoms with Crippen LogP contribution in [0.15, 0.2) is 42.6 Å². The van der Waals surface area contributed by atoms with Crippen LogP contribution >= 0.6 is 0 Å². The van der Waals surface area contributed by atoms with Crippen molar-refractivity contribution in [3.05, 3.63) is 54.0 Å². The number of rotatable bonds is 4. The first-order chi connectivity index (χ1) is 12.1. The molecule has 0 aliphatic rings. The van der Waals surface area contributed by atoms with Gasteiger partial charge in [-0.05, 0) is 36.2 Å². The maximum Gasteiger partial charge on any atom is 0.251 e. The molecule has 25 heavy (non-hydrogen) atoms. The van der Waals surface area contributed by atoms with Crippen LogP contribution in [0.4, 0.5) is 0 Å². The lowest BCUT2D eigenvalue weighted by Crippen LogP contribution is -2.33. The topological polar surface area (TPSA) is 101 Å². The highest BCUT2D eigenvalue weighted by Crippen LogP contribution is 2.22. The lowest BCUT2D eigenvalue weighted by atomic mass is 10.0. The average molecular weight is 335 g/mol. The van der Waals surface area contributed by atoms with Crippen molar-refractivity contribution >= 4 is 22.6 Å². The molecule has 0 unspecified atom stereocenters. The van der Waals surface area contributed by atoms with Gasteiger partial charge in [0.2, 0.25) is 0 Å². The zero-order chi connectivity index (χ0) is 17.4. The van der Waals surface area contributed by atoms with Crippen molar-refractivity contribution in [1.29, 1.82) is 0 Å². The molecular formula is C17H17N7O. The molecular weight excluding hydrogens is 318 g/mol. The van der Waals surface area contributed by atoms with Crippen molar-refractivity contribution in [3.8, 4) is 0 Å². The second-order valence-corrected chi connectivity index (χ2v) is 6.21. The van der Waals surface area contributed by atoms with Gasteiger partial charge in [0.15, 0.2) is 11.5 Å². The normalized spacial score (nSPS) is 12.8. The number of nitrogens with zero attached hydrogens (tertiary/aromatic N) is 5. The van der Waals surface area contributed by atoms with Gasteiger partial charge in [-0.25, -0.2) is 0 Å². The van der Waals surface area contributed by atoms with Crippen LogP contribution < -0.4 is 5.32 Å². The Balaban J connectivity index is 1.66. The van der Waals surface area contributed by atoms with E-state index in [1.807, 2.05) is 42.6 Å². The Hall–Kier alpha value is -3.29. The largest absolute Gasteiger partial charge is 0.342 e. The van der Waals surface area contributed by atoms with Gasteiger partial charge < -0.3 is 5.32 Å². The highest BCUT2D eigenvalue weighted by atomic mass is 16.1. The molecule has 0 aliphatic carbocycles. The van der Waals surface area contributed by atoms with Crippen LogP contribution in [0, 0.1) is 5.92 Å². The van der Waals surface area contributed by atoms with Crippen LogP contribution in [0.25, 0.3) is 16.7 Å². The summed E-state index contributed by atoms with van der Waals surface area (Å²) in [6, 6.07) is 10.7. The predicted octanol–water partition coefficient (Wildman–Crippen LogP) is 2.13. The number of carbonyl (C=O) groups is 1. The van der Waals surface area contributed by atoms with Gasteiger partial charge in [-0.3, -0.25) is 9.20 Å². The van der Waals surface area contributed by atoms with E-state index >= 15 is 0 Å². The Labute approximate surface area is 143 Å². The first-order valence-corrected chi connectivity index (χ1v) is 8.04. The summed E-state index contributed by atoms with van der Waals surface area (Å²) in [5.74, 6) is 0.671. The molecule has 8 heteroatoms. The molecule has 3 heterocycles. The number of carbonyl (C=O) groups excluding carboxylic acids is 1. The molecule has 126 valence electrons. The van der Waals surface area contributed by atoms with E-state index in [-0.39, 0.29) is 17.9 Å². The number of fused-ring (bicyclic) bond motifs is 2. The van der Waals surface area contributed by atoms with E-state index in [4.69, 9.17) is 0 Å². The predicted molar refractivity (Wildman–Crippen MR) is 91.9 cm³/mol. The number of H-pyrrole nitrogens is 1. The molecule has 0 spiro atoms. The summed E-state index contributed by atoms with van der Waals surface area (Å²) in [7, 11) is 0. The lowest BCUT2D eigenvalue weighted by molar-refractivity contribution is 0.0923. The second kappa shape index (κ2) is 5.97. The standard InChI is InChI=1S/C17H17N7O/c1-10(2)15(16-22-21-14-5-3-4-8-24(14)16)18-17(25)11-6-7-12-13(9-11)20-23-19-12/h3-10,15H,1-2H3,(H,18,25)(H,19,20,23)/t15-/m0/s1. The summed E-state index contributed by atoms with van der Waals surface area (Å²) in [4.78, 5) is 12.7. The SMILES string of the molecule is CC(C)[C@H](NC(=O)c1ccc2n[nH]nc2c1)c1nnc2ccccn12. The summed E-state index contributed by atoms with van der Waals surface area (Å²) in [6.07, 6.45) is 1.90. The zero-order valence-corrected chi connectivity index (χ0v) is 13.8. The molecule has 1 atom stereocenters. The summed E-state index contributed by atoms with van der Waals surface area (Å²) in [6.45, 7) is 4.07. The number of hydrogen-bond acceptors (Lipinski definition) is 5. The maximum atomic E-state index is 12.7. The van der Waals surface area contributed by atoms with Gasteiger partial charge >= 0.3 is 0 Å². The molecule has 1 aromatic carbocycles. The number of nitrogens with one attached hydrogen (secondary N) is 2. The number of pyridine rings is 1. The third-order valence-electron chi connectivity index (χ3n) is 4.15. The lowest BCUT2D eigenvalue weighted by Gasteiger charge is -2.21. The van der Waals surface area contributed by atoms with E-state index in [1.165, 1.54) is 0 Å². The van der Waals surface area contributed by atoms with Gasteiger partial charge in [0.05, 0.1) is 6.04 Å². The maximum absolute atomic E-state index is 12.7. The third kappa shape index (κ3) is 2.71. The van der Waals surface area contributed by atoms with Gasteiger partial charge in [-0.2, -0.15) is 15.4 Å². The summed E-state index contributed by atoms with van der Waals surface area (Å²) < 4.78 is 1.89. The molecule has 0 bridgehead atoms. The number of hydrogen-bond donors (Lipinski definition) is 2. The van der Waals surface area contributed by atoms with E-state index < -0.39 is 0 Å². The van der Waals surface area contributed by atoms with Crippen LogP contribution in [-0.4, -0.2) is 35.9 Å². The van der Waals surface area contributed by atoms with Crippen molar-refractivity contribution in [2.45, 2.75) is 19.9 Å². The van der Waals surface area contributed by atoms with Crippen molar-refractivity contribution in [1.82, 2.24) is 35.3 Å². The average Bonchev–Trinajstić information content (AvgIpc) is 3.25. The quantitative estimate of drug-likeness (QED) is 0.595. The van der Waals surface area contributed by atoms with E-state index in [0.717, 1.165) is 11.2 Å². The molecule has 4 aromatic rings. The molecule has 1 amide bonds. The molecule has 0 fully saturated rings. The van der Waals surface area contributed by atoms with E-state index in [9.17, 15) is 4.79 Å². The van der Waals surface area contributed by atoms with Crippen molar-refractivity contribution in [2.75, 3.05) is 0 Å². The number of aromatic nitrogens is 6. The first-order valence-electron chi connectivity index (χ1n) is 8.04. The highest BCUT2D eigenvalue weighted by Gasteiger charge is 2.24. The fourth-order valence-electron chi connectivity index (χ4n) is 2.81. The summed E-state index contributed by atoms with van der Waals surface area (Å²) in [5, 5.41) is 22.1. The molecule has 0 saturated carbocycles. The van der Waals surface area contributed by atoms with Gasteiger partial charge in [-0.15, -0.1) is 10.2 Å². The fourth-order valence-corrected chi connectivity index (χ4v) is 2.81. The molecule has 0 aliphatic heterocycles. The molecule has 8 nitrogen and oxygen atoms in total. The van der Waals surface area contributed by atoms with E-state index in [2.05, 4.69) is 30.9 Å². The van der Waals surface area contributed by atoms with Crippen molar-refractivity contribution in [2.24, 2.45) is 5.92 Å². The van der Waals surface area contributed by atoms with Crippen LogP contribution in [0.1, 0.15) is 36.1 Å². The first kappa shape index (κ1) is 15.3. The Morgan fingerprint density at radius 1 is 1.12 bits per heavy atom. The molecule has 0 radical (unpaired) electrons. The number of aromatic amines is 1. The van der Waals surface area contributed by atoms with Crippen LogP contribution in [-0.2, 0) is 0 Å². The van der Waals surface area contributed by atoms with E-state index in [1.54, 1.807) is 18.2 Å². The van der Waals surface area contributed by atoms with Crippen LogP contribution in [0.5, 0.6) is 0 Å². The molecule has 0 saturated heterocycles. The smallest absolute Gasteiger partial charge is 0.251 e. The Morgan fingerprint density at radius 3 is 2.80 bits per heavy atom. The van der Waals surface area contributed by atoms with Crippen molar-refractivity contribution in [3.63, 3.8) is 0 Å². The number of amides is 1. The summed E-state index contributed by atoms with van der Waals surface area (Å²) in [5.41, 5.74) is 2.66. The van der Waals surface area contributed by atoms with Crippen LogP contribution in [0.2, 0.25) is 0 Å². The fraction of sp³-hybridized carbons (Fsp3) is 0.235. The summed E-state index contributed by atoms with van der Waals surface area (Å²) >= 11 is 0. The minimum atomic E-state index is -0.266. The second-order valence-electron chi connectivity index (χ2n) is 6.21. The molecule has 2 N–H and O–H groups in total. The Kier molecular flexibility index (Phi) is 3.64. The zero-order valence-electron chi connectivity index (χ0n) is 13.8. The Bertz CT molecular complexity index is 1050. The van der Waals surface area contributed by atoms with Gasteiger partial charge in [0.1, 0.15) is 11.0 Å². The minimum Gasteiger partial charge on any atom is -0.342 e.